The summed E-state index contributed by atoms with van der Waals surface area (Å²) in [6.07, 6.45) is 3.22. The fraction of sp³-hybridized carbons (Fsp3) is 0.318. The van der Waals surface area contributed by atoms with E-state index in [0.29, 0.717) is 24.5 Å². The molecule has 3 N–H and O–H groups in total. The molecule has 1 fully saturated rings. The lowest BCUT2D eigenvalue weighted by Crippen LogP contribution is -2.49. The van der Waals surface area contributed by atoms with Gasteiger partial charge in [0, 0.05) is 18.3 Å². The minimum absolute atomic E-state index is 0.0606. The highest BCUT2D eigenvalue weighted by Gasteiger charge is 2.27. The first-order chi connectivity index (χ1) is 14.9. The number of anilines is 1. The molecular weight excluding hydrogens is 396 g/mol. The molecule has 31 heavy (non-hydrogen) atoms. The summed E-state index contributed by atoms with van der Waals surface area (Å²) in [5.74, 6) is -0.744. The van der Waals surface area contributed by atoms with Gasteiger partial charge < -0.3 is 5.32 Å². The van der Waals surface area contributed by atoms with Crippen LogP contribution in [0.1, 0.15) is 34.3 Å². The SMILES string of the molecule is Cc1ccc(NC(=O)C2CCCN(CC(=O)NNC(=O)c3cccc(C#N)c3)C2)nc1. The van der Waals surface area contributed by atoms with Crippen LogP contribution in [0.25, 0.3) is 0 Å². The van der Waals surface area contributed by atoms with E-state index in [0.717, 1.165) is 18.4 Å². The first-order valence-corrected chi connectivity index (χ1v) is 10.00. The normalized spacial score (nSPS) is 16.1. The number of hydrogen-bond acceptors (Lipinski definition) is 6. The van der Waals surface area contributed by atoms with Gasteiger partial charge in [0.15, 0.2) is 0 Å². The molecule has 3 rings (SSSR count). The van der Waals surface area contributed by atoms with Gasteiger partial charge in [-0.3, -0.25) is 30.1 Å². The van der Waals surface area contributed by atoms with Crippen LogP contribution >= 0.6 is 0 Å². The summed E-state index contributed by atoms with van der Waals surface area (Å²) in [6, 6.07) is 11.8. The summed E-state index contributed by atoms with van der Waals surface area (Å²) in [5.41, 5.74) is 6.38. The molecule has 2 heterocycles. The molecule has 2 aromatic rings. The highest BCUT2D eigenvalue weighted by molar-refractivity contribution is 5.96. The van der Waals surface area contributed by atoms with E-state index >= 15 is 0 Å². The third kappa shape index (κ3) is 6.35. The van der Waals surface area contributed by atoms with E-state index in [1.807, 2.05) is 24.0 Å². The number of aryl methyl sites for hydroxylation is 1. The Labute approximate surface area is 180 Å². The number of hydrogen-bond donors (Lipinski definition) is 3. The van der Waals surface area contributed by atoms with Crippen LogP contribution in [0.4, 0.5) is 5.82 Å². The third-order valence-corrected chi connectivity index (χ3v) is 4.98. The lowest BCUT2D eigenvalue weighted by Gasteiger charge is -2.31. The van der Waals surface area contributed by atoms with Crippen molar-refractivity contribution >= 4 is 23.5 Å². The van der Waals surface area contributed by atoms with Gasteiger partial charge in [0.1, 0.15) is 5.82 Å². The number of nitrogens with zero attached hydrogens (tertiary/aromatic N) is 3. The van der Waals surface area contributed by atoms with Gasteiger partial charge in [-0.05, 0) is 56.1 Å². The first kappa shape index (κ1) is 21.9. The minimum Gasteiger partial charge on any atom is -0.310 e. The molecule has 1 atom stereocenters. The Bertz CT molecular complexity index is 999. The molecule has 0 spiro atoms. The van der Waals surface area contributed by atoms with Crippen molar-refractivity contribution in [1.82, 2.24) is 20.7 Å². The molecule has 9 heteroatoms. The second-order valence-electron chi connectivity index (χ2n) is 7.48. The molecule has 1 unspecified atom stereocenters. The minimum atomic E-state index is -0.507. The number of hydrazine groups is 1. The van der Waals surface area contributed by atoms with E-state index in [9.17, 15) is 14.4 Å². The van der Waals surface area contributed by atoms with Crippen molar-refractivity contribution in [3.05, 3.63) is 59.3 Å². The number of amides is 3. The fourth-order valence-electron chi connectivity index (χ4n) is 3.35. The number of carbonyl (C=O) groups is 3. The predicted molar refractivity (Wildman–Crippen MR) is 114 cm³/mol. The summed E-state index contributed by atoms with van der Waals surface area (Å²) in [7, 11) is 0. The van der Waals surface area contributed by atoms with Crippen LogP contribution in [0, 0.1) is 24.2 Å². The van der Waals surface area contributed by atoms with Crippen LogP contribution in [0.15, 0.2) is 42.6 Å². The zero-order valence-electron chi connectivity index (χ0n) is 17.2. The lowest BCUT2D eigenvalue weighted by molar-refractivity contribution is -0.126. The molecule has 0 aliphatic carbocycles. The number of aromatic nitrogens is 1. The molecule has 1 saturated heterocycles. The Kier molecular flexibility index (Phi) is 7.30. The zero-order valence-corrected chi connectivity index (χ0v) is 17.2. The average molecular weight is 420 g/mol. The number of nitrogens with one attached hydrogen (secondary N) is 3. The first-order valence-electron chi connectivity index (χ1n) is 10.00. The maximum Gasteiger partial charge on any atom is 0.269 e. The van der Waals surface area contributed by atoms with Crippen molar-refractivity contribution in [2.24, 2.45) is 5.92 Å². The van der Waals surface area contributed by atoms with E-state index in [1.54, 1.807) is 30.5 Å². The quantitative estimate of drug-likeness (QED) is 0.627. The van der Waals surface area contributed by atoms with Crippen molar-refractivity contribution < 1.29 is 14.4 Å². The van der Waals surface area contributed by atoms with Crippen LogP contribution in [-0.4, -0.2) is 47.2 Å². The van der Waals surface area contributed by atoms with E-state index in [4.69, 9.17) is 5.26 Å². The zero-order chi connectivity index (χ0) is 22.2. The third-order valence-electron chi connectivity index (χ3n) is 4.98. The van der Waals surface area contributed by atoms with Crippen LogP contribution in [0.5, 0.6) is 0 Å². The maximum atomic E-state index is 12.5. The molecule has 0 bridgehead atoms. The molecule has 1 aromatic heterocycles. The fourth-order valence-corrected chi connectivity index (χ4v) is 3.35. The number of rotatable bonds is 5. The smallest absolute Gasteiger partial charge is 0.269 e. The maximum absolute atomic E-state index is 12.5. The predicted octanol–water partition coefficient (Wildman–Crippen LogP) is 1.37. The number of nitriles is 1. The van der Waals surface area contributed by atoms with Crippen molar-refractivity contribution in [3.8, 4) is 6.07 Å². The van der Waals surface area contributed by atoms with Crippen molar-refractivity contribution in [3.63, 3.8) is 0 Å². The summed E-state index contributed by atoms with van der Waals surface area (Å²) < 4.78 is 0. The molecule has 1 aliphatic heterocycles. The van der Waals surface area contributed by atoms with Gasteiger partial charge in [0.25, 0.3) is 11.8 Å². The number of piperidine rings is 1. The van der Waals surface area contributed by atoms with Gasteiger partial charge in [-0.1, -0.05) is 12.1 Å². The summed E-state index contributed by atoms with van der Waals surface area (Å²) in [4.78, 5) is 43.0. The van der Waals surface area contributed by atoms with Gasteiger partial charge in [0.2, 0.25) is 5.91 Å². The second kappa shape index (κ2) is 10.3. The molecule has 9 nitrogen and oxygen atoms in total. The molecular formula is C22H24N6O3. The van der Waals surface area contributed by atoms with E-state index in [1.165, 1.54) is 6.07 Å². The molecule has 3 amide bonds. The number of likely N-dealkylation sites (tertiary alicyclic amines) is 1. The molecule has 0 radical (unpaired) electrons. The Morgan fingerprint density at radius 2 is 2.06 bits per heavy atom. The standard InChI is InChI=1S/C22H24N6O3/c1-15-7-8-19(24-12-15)25-21(30)18-6-3-9-28(13-18)14-20(29)26-27-22(31)17-5-2-4-16(10-17)11-23/h2,4-5,7-8,10,12,18H,3,6,9,13-14H2,1H3,(H,26,29)(H,27,31)(H,24,25,30). The van der Waals surface area contributed by atoms with Gasteiger partial charge in [-0.15, -0.1) is 0 Å². The van der Waals surface area contributed by atoms with Crippen molar-refractivity contribution in [2.75, 3.05) is 25.0 Å². The van der Waals surface area contributed by atoms with Crippen LogP contribution in [0.2, 0.25) is 0 Å². The summed E-state index contributed by atoms with van der Waals surface area (Å²) >= 11 is 0. The highest BCUT2D eigenvalue weighted by atomic mass is 16.2. The lowest BCUT2D eigenvalue weighted by atomic mass is 9.97. The second-order valence-corrected chi connectivity index (χ2v) is 7.48. The Morgan fingerprint density at radius 1 is 1.23 bits per heavy atom. The van der Waals surface area contributed by atoms with Crippen LogP contribution in [-0.2, 0) is 9.59 Å². The van der Waals surface area contributed by atoms with Crippen LogP contribution < -0.4 is 16.2 Å². The van der Waals surface area contributed by atoms with Gasteiger partial charge in [0.05, 0.1) is 24.1 Å². The van der Waals surface area contributed by atoms with Crippen molar-refractivity contribution in [1.29, 1.82) is 5.26 Å². The van der Waals surface area contributed by atoms with Gasteiger partial charge >= 0.3 is 0 Å². The van der Waals surface area contributed by atoms with Crippen molar-refractivity contribution in [2.45, 2.75) is 19.8 Å². The molecule has 160 valence electrons. The molecule has 0 saturated carbocycles. The Morgan fingerprint density at radius 3 is 2.81 bits per heavy atom. The largest absolute Gasteiger partial charge is 0.310 e. The monoisotopic (exact) mass is 420 g/mol. The number of pyridine rings is 1. The molecule has 1 aliphatic rings. The summed E-state index contributed by atoms with van der Waals surface area (Å²) in [6.45, 7) is 3.13. The van der Waals surface area contributed by atoms with Crippen LogP contribution in [0.3, 0.4) is 0 Å². The Hall–Kier alpha value is -3.77. The number of carbonyl (C=O) groups excluding carboxylic acids is 3. The summed E-state index contributed by atoms with van der Waals surface area (Å²) in [5, 5.41) is 11.7. The highest BCUT2D eigenvalue weighted by Crippen LogP contribution is 2.18. The molecule has 1 aromatic carbocycles. The van der Waals surface area contributed by atoms with Gasteiger partial charge in [-0.25, -0.2) is 4.98 Å². The van der Waals surface area contributed by atoms with E-state index < -0.39 is 5.91 Å². The topological polar surface area (TPSA) is 127 Å². The van der Waals surface area contributed by atoms with E-state index in [2.05, 4.69) is 21.2 Å². The Balaban J connectivity index is 1.46. The van der Waals surface area contributed by atoms with Gasteiger partial charge in [-0.2, -0.15) is 5.26 Å². The number of benzene rings is 1. The van der Waals surface area contributed by atoms with E-state index in [-0.39, 0.29) is 29.8 Å². The average Bonchev–Trinajstić information content (AvgIpc) is 2.79.